The van der Waals surface area contributed by atoms with E-state index in [1.807, 2.05) is 97.2 Å². The predicted molar refractivity (Wildman–Crippen MR) is 227 cm³/mol. The summed E-state index contributed by atoms with van der Waals surface area (Å²) in [5.41, 5.74) is 8.52. The van der Waals surface area contributed by atoms with Gasteiger partial charge in [-0.2, -0.15) is 0 Å². The van der Waals surface area contributed by atoms with Crippen molar-refractivity contribution in [2.75, 3.05) is 36.0 Å². The molecule has 0 spiro atoms. The lowest BCUT2D eigenvalue weighted by Gasteiger charge is -2.38. The molecular formula is C42H50N10O6S2. The Morgan fingerprint density at radius 3 is 1.12 bits per heavy atom. The molecule has 7 rings (SSSR count). The first-order valence-corrected chi connectivity index (χ1v) is 21.7. The Morgan fingerprint density at radius 2 is 0.850 bits per heavy atom. The quantitative estimate of drug-likeness (QED) is 0.0932. The molecule has 1 saturated heterocycles. The van der Waals surface area contributed by atoms with Gasteiger partial charge in [-0.05, 0) is 99.5 Å². The van der Waals surface area contributed by atoms with Crippen molar-refractivity contribution in [3.63, 3.8) is 0 Å². The molecule has 16 nitrogen and oxygen atoms in total. The van der Waals surface area contributed by atoms with Crippen LogP contribution in [0.2, 0.25) is 0 Å². The zero-order chi connectivity index (χ0) is 43.8. The smallest absolute Gasteiger partial charge is 0.421 e. The molecule has 60 heavy (non-hydrogen) atoms. The fraction of sp³-hybridized carbons (Fsp3) is 0.286. The van der Waals surface area contributed by atoms with Crippen LogP contribution in [-0.4, -0.2) is 61.3 Å². The Morgan fingerprint density at radius 1 is 0.517 bits per heavy atom. The van der Waals surface area contributed by atoms with E-state index in [-0.39, 0.29) is 9.79 Å². The van der Waals surface area contributed by atoms with Crippen molar-refractivity contribution in [3.8, 4) is 0 Å². The number of anilines is 2. The Kier molecular flexibility index (Phi) is 14.5. The second kappa shape index (κ2) is 19.3. The highest BCUT2D eigenvalue weighted by molar-refractivity contribution is 7.86. The highest BCUT2D eigenvalue weighted by atomic mass is 32.2. The van der Waals surface area contributed by atoms with Gasteiger partial charge in [0.05, 0.1) is 62.8 Å². The van der Waals surface area contributed by atoms with Crippen LogP contribution < -0.4 is 18.9 Å². The maximum absolute atomic E-state index is 10.4. The van der Waals surface area contributed by atoms with E-state index >= 15 is 0 Å². The first-order chi connectivity index (χ1) is 28.3. The summed E-state index contributed by atoms with van der Waals surface area (Å²) in [6.07, 6.45) is 7.87. The summed E-state index contributed by atoms with van der Waals surface area (Å²) in [5, 5.41) is 17.8. The summed E-state index contributed by atoms with van der Waals surface area (Å²) in [4.78, 5) is 4.56. The van der Waals surface area contributed by atoms with Crippen molar-refractivity contribution in [1.82, 2.24) is 9.13 Å². The van der Waals surface area contributed by atoms with Gasteiger partial charge in [0.1, 0.15) is 31.6 Å². The molecule has 1 aliphatic rings. The average Bonchev–Trinajstić information content (AvgIpc) is 3.70. The van der Waals surface area contributed by atoms with Crippen LogP contribution in [0.25, 0.3) is 0 Å². The normalized spacial score (nSPS) is 13.3. The number of hydrogen-bond donors (Lipinski definition) is 0. The summed E-state index contributed by atoms with van der Waals surface area (Å²) in [5.74, 6) is 1.61. The van der Waals surface area contributed by atoms with Crippen molar-refractivity contribution in [2.24, 2.45) is 48.6 Å². The molecule has 0 amide bonds. The fourth-order valence-corrected chi connectivity index (χ4v) is 7.30. The number of aromatic nitrogens is 4. The summed E-state index contributed by atoms with van der Waals surface area (Å²) >= 11 is 0. The lowest BCUT2D eigenvalue weighted by atomic mass is 10.1. The molecule has 6 aromatic rings. The molecule has 316 valence electrons. The van der Waals surface area contributed by atoms with E-state index in [1.165, 1.54) is 46.8 Å². The molecule has 0 unspecified atom stereocenters. The topological polar surface area (TPSA) is 188 Å². The van der Waals surface area contributed by atoms with E-state index in [0.717, 1.165) is 60.6 Å². The molecule has 0 atom stereocenters. The van der Waals surface area contributed by atoms with Crippen molar-refractivity contribution >= 4 is 54.9 Å². The van der Waals surface area contributed by atoms with Crippen molar-refractivity contribution in [3.05, 3.63) is 132 Å². The third kappa shape index (κ3) is 12.0. The Labute approximate surface area is 351 Å². The number of aryl methyl sites for hydroxylation is 8. The van der Waals surface area contributed by atoms with Gasteiger partial charge in [0.15, 0.2) is 0 Å². The van der Waals surface area contributed by atoms with Gasteiger partial charge < -0.3 is 18.9 Å². The fourth-order valence-electron chi connectivity index (χ4n) is 6.36. The van der Waals surface area contributed by atoms with Crippen LogP contribution in [0.3, 0.4) is 0 Å². The maximum Gasteiger partial charge on any atom is 0.421 e. The molecule has 0 N–H and O–H groups in total. The third-order valence-electron chi connectivity index (χ3n) is 9.74. The molecule has 2 aromatic heterocycles. The minimum Gasteiger partial charge on any atom is -0.744 e. The van der Waals surface area contributed by atoms with Crippen LogP contribution >= 0.6 is 0 Å². The van der Waals surface area contributed by atoms with Gasteiger partial charge in [-0.25, -0.2) is 35.1 Å². The number of imidazole rings is 2. The monoisotopic (exact) mass is 854 g/mol. The van der Waals surface area contributed by atoms with Crippen molar-refractivity contribution in [2.45, 2.75) is 37.5 Å². The van der Waals surface area contributed by atoms with Gasteiger partial charge in [0.25, 0.3) is 0 Å². The zero-order valence-electron chi connectivity index (χ0n) is 35.0. The number of azo groups is 2. The summed E-state index contributed by atoms with van der Waals surface area (Å²) in [7, 11) is -0.669. The highest BCUT2D eigenvalue weighted by Crippen LogP contribution is 2.30. The molecule has 1 fully saturated rings. The predicted octanol–water partition coefficient (Wildman–Crippen LogP) is 6.59. The molecule has 0 aliphatic carbocycles. The van der Waals surface area contributed by atoms with Gasteiger partial charge in [0, 0.05) is 47.8 Å². The van der Waals surface area contributed by atoms with E-state index in [0.29, 0.717) is 0 Å². The Bertz CT molecular complexity index is 2480. The minimum absolute atomic E-state index is 0.178. The average molecular weight is 855 g/mol. The Balaban J connectivity index is 0.000000252. The van der Waals surface area contributed by atoms with Gasteiger partial charge in [-0.1, -0.05) is 45.6 Å². The second-order valence-electron chi connectivity index (χ2n) is 14.5. The molecule has 3 heterocycles. The molecule has 0 saturated carbocycles. The molecule has 0 radical (unpaired) electrons. The van der Waals surface area contributed by atoms with Gasteiger partial charge in [-0.15, -0.1) is 0 Å². The minimum atomic E-state index is -4.27. The van der Waals surface area contributed by atoms with Crippen LogP contribution in [0.4, 0.5) is 34.6 Å². The van der Waals surface area contributed by atoms with E-state index < -0.39 is 20.2 Å². The second-order valence-corrected chi connectivity index (χ2v) is 17.2. The van der Waals surface area contributed by atoms with Gasteiger partial charge >= 0.3 is 11.9 Å². The number of benzene rings is 4. The summed E-state index contributed by atoms with van der Waals surface area (Å²) < 4.78 is 70.1. The number of rotatable bonds is 8. The number of nitrogens with zero attached hydrogens (tertiary/aromatic N) is 10. The van der Waals surface area contributed by atoms with Crippen molar-refractivity contribution < 1.29 is 35.1 Å². The largest absolute Gasteiger partial charge is 0.744 e. The number of hydrogen-bond acceptors (Lipinski definition) is 12. The van der Waals surface area contributed by atoms with Crippen molar-refractivity contribution in [1.29, 1.82) is 0 Å². The molecule has 1 aliphatic heterocycles. The molecular weight excluding hydrogens is 805 g/mol. The van der Waals surface area contributed by atoms with Crippen LogP contribution in [0.15, 0.2) is 140 Å². The molecule has 18 heteroatoms. The van der Waals surface area contributed by atoms with E-state index in [4.69, 9.17) is 0 Å². The van der Waals surface area contributed by atoms with Gasteiger partial charge in [-0.3, -0.25) is 0 Å². The zero-order valence-corrected chi connectivity index (χ0v) is 36.6. The lowest BCUT2D eigenvalue weighted by molar-refractivity contribution is -0.657. The molecule has 4 aromatic carbocycles. The van der Waals surface area contributed by atoms with Crippen LogP contribution in [-0.2, 0) is 48.4 Å². The SMILES string of the molecule is Cc1cc(N=Nc2n(C)cc[n+]2C)ccc1N1CCN(c2ccc(N=Nc3n(C)cc[n+]3C)cc2C)CC1.Cc1ccc(S(=O)(=O)[O-])cc1.Cc1ccc(S(=O)(=O)[O-])cc1. The number of piperazine rings is 1. The van der Waals surface area contributed by atoms with Crippen LogP contribution in [0.5, 0.6) is 0 Å². The summed E-state index contributed by atoms with van der Waals surface area (Å²) in [6.45, 7) is 11.8. The summed E-state index contributed by atoms with van der Waals surface area (Å²) in [6, 6.07) is 24.2. The molecule has 0 bridgehead atoms. The first kappa shape index (κ1) is 45.0. The lowest BCUT2D eigenvalue weighted by Crippen LogP contribution is -2.47. The van der Waals surface area contributed by atoms with Gasteiger partial charge in [0.2, 0.25) is 0 Å². The van der Waals surface area contributed by atoms with E-state index in [1.54, 1.807) is 24.3 Å². The highest BCUT2D eigenvalue weighted by Gasteiger charge is 2.21. The standard InChI is InChI=1S/C28H36N10.2C7H8O3S/c1-21-19-23(29-31-27-33(3)11-12-34(27)4)7-9-25(21)37-15-17-38(18-16-37)26-10-8-24(20-22(26)2)30-32-28-35(5)13-14-36(28)6;2*1-6-2-4-7(5-3-6)11(8,9)10/h7-14,19-20H,15-18H2,1-6H3;2*2-5H,1H3,(H,8,9,10)/q+2;;/p-2. The van der Waals surface area contributed by atoms with Crippen LogP contribution in [0.1, 0.15) is 22.3 Å². The van der Waals surface area contributed by atoms with E-state index in [9.17, 15) is 25.9 Å². The van der Waals surface area contributed by atoms with E-state index in [2.05, 4.69) is 68.4 Å². The Hall–Kier alpha value is -6.08. The maximum atomic E-state index is 10.4. The van der Waals surface area contributed by atoms with Crippen LogP contribution in [0, 0.1) is 27.7 Å². The third-order valence-corrected chi connectivity index (χ3v) is 11.4. The first-order valence-electron chi connectivity index (χ1n) is 18.9.